The number of rotatable bonds is 2. The molecule has 0 radical (unpaired) electrons. The van der Waals surface area contributed by atoms with Crippen LogP contribution in [0.3, 0.4) is 0 Å². The molecule has 0 saturated carbocycles. The minimum atomic E-state index is 0.847. The van der Waals surface area contributed by atoms with Crippen molar-refractivity contribution in [3.8, 4) is 16.9 Å². The second-order valence-electron chi connectivity index (χ2n) is 4.10. The van der Waals surface area contributed by atoms with Crippen LogP contribution in [0.5, 0.6) is 5.75 Å². The number of hydrogen-bond donors (Lipinski definition) is 1. The Hall–Kier alpha value is -1.74. The van der Waals surface area contributed by atoms with E-state index >= 15 is 0 Å². The van der Waals surface area contributed by atoms with Gasteiger partial charge < -0.3 is 9.72 Å². The SMILES string of the molecule is COc1cc2c(-c3ccccc3)c[nH]c2cc1Br. The van der Waals surface area contributed by atoms with Gasteiger partial charge in [-0.05, 0) is 33.6 Å². The third-order valence-corrected chi connectivity index (χ3v) is 3.66. The lowest BCUT2D eigenvalue weighted by molar-refractivity contribution is 0.413. The summed E-state index contributed by atoms with van der Waals surface area (Å²) in [5.74, 6) is 0.847. The summed E-state index contributed by atoms with van der Waals surface area (Å²) in [6, 6.07) is 14.4. The van der Waals surface area contributed by atoms with Gasteiger partial charge in [-0.15, -0.1) is 0 Å². The first-order valence-corrected chi connectivity index (χ1v) is 6.49. The van der Waals surface area contributed by atoms with E-state index in [4.69, 9.17) is 4.74 Å². The summed E-state index contributed by atoms with van der Waals surface area (Å²) >= 11 is 3.50. The summed E-state index contributed by atoms with van der Waals surface area (Å²) < 4.78 is 6.31. The molecule has 3 aromatic rings. The minimum absolute atomic E-state index is 0.847. The number of aromatic nitrogens is 1. The van der Waals surface area contributed by atoms with E-state index in [9.17, 15) is 0 Å². The van der Waals surface area contributed by atoms with Crippen molar-refractivity contribution in [3.63, 3.8) is 0 Å². The smallest absolute Gasteiger partial charge is 0.133 e. The molecule has 1 aromatic heterocycles. The predicted octanol–water partition coefficient (Wildman–Crippen LogP) is 4.61. The molecule has 3 rings (SSSR count). The number of benzene rings is 2. The normalized spacial score (nSPS) is 10.8. The summed E-state index contributed by atoms with van der Waals surface area (Å²) in [6.45, 7) is 0. The highest BCUT2D eigenvalue weighted by molar-refractivity contribution is 9.10. The van der Waals surface area contributed by atoms with Crippen LogP contribution in [0.25, 0.3) is 22.0 Å². The van der Waals surface area contributed by atoms with E-state index < -0.39 is 0 Å². The van der Waals surface area contributed by atoms with Gasteiger partial charge in [-0.1, -0.05) is 30.3 Å². The first kappa shape index (κ1) is 11.4. The fourth-order valence-corrected chi connectivity index (χ4v) is 2.64. The Morgan fingerprint density at radius 1 is 1.11 bits per heavy atom. The van der Waals surface area contributed by atoms with Crippen molar-refractivity contribution in [2.24, 2.45) is 0 Å². The molecule has 0 atom stereocenters. The summed E-state index contributed by atoms with van der Waals surface area (Å²) in [7, 11) is 1.68. The van der Waals surface area contributed by atoms with Gasteiger partial charge in [0.1, 0.15) is 5.75 Å². The Bertz CT molecular complexity index is 688. The third kappa shape index (κ3) is 1.81. The van der Waals surface area contributed by atoms with Gasteiger partial charge in [0.15, 0.2) is 0 Å². The number of methoxy groups -OCH3 is 1. The lowest BCUT2D eigenvalue weighted by Gasteiger charge is -2.04. The number of H-pyrrole nitrogens is 1. The van der Waals surface area contributed by atoms with Crippen LogP contribution in [-0.4, -0.2) is 12.1 Å². The van der Waals surface area contributed by atoms with Crippen LogP contribution in [0.15, 0.2) is 53.1 Å². The Labute approximate surface area is 114 Å². The number of ether oxygens (including phenoxy) is 1. The molecule has 0 unspecified atom stereocenters. The molecule has 0 fully saturated rings. The highest BCUT2D eigenvalue weighted by Crippen LogP contribution is 2.35. The highest BCUT2D eigenvalue weighted by atomic mass is 79.9. The highest BCUT2D eigenvalue weighted by Gasteiger charge is 2.09. The van der Waals surface area contributed by atoms with Gasteiger partial charge in [-0.2, -0.15) is 0 Å². The molecule has 0 bridgehead atoms. The van der Waals surface area contributed by atoms with E-state index in [0.717, 1.165) is 15.7 Å². The lowest BCUT2D eigenvalue weighted by atomic mass is 10.0. The Kier molecular flexibility index (Phi) is 2.84. The van der Waals surface area contributed by atoms with Gasteiger partial charge in [-0.3, -0.25) is 0 Å². The molecule has 18 heavy (non-hydrogen) atoms. The zero-order chi connectivity index (χ0) is 12.5. The number of hydrogen-bond acceptors (Lipinski definition) is 1. The molecule has 0 amide bonds. The van der Waals surface area contributed by atoms with Crippen LogP contribution in [0.4, 0.5) is 0 Å². The van der Waals surface area contributed by atoms with Crippen molar-refractivity contribution >= 4 is 26.8 Å². The summed E-state index contributed by atoms with van der Waals surface area (Å²) in [5.41, 5.74) is 3.49. The van der Waals surface area contributed by atoms with Crippen molar-refractivity contribution in [2.45, 2.75) is 0 Å². The summed E-state index contributed by atoms with van der Waals surface area (Å²) in [4.78, 5) is 3.29. The Balaban J connectivity index is 2.26. The van der Waals surface area contributed by atoms with E-state index in [1.54, 1.807) is 7.11 Å². The maximum atomic E-state index is 5.35. The molecular formula is C15H12BrNO. The number of nitrogens with one attached hydrogen (secondary N) is 1. The molecule has 3 heteroatoms. The number of aromatic amines is 1. The summed E-state index contributed by atoms with van der Waals surface area (Å²) in [6.07, 6.45) is 2.03. The first-order valence-electron chi connectivity index (χ1n) is 5.69. The molecule has 0 aliphatic rings. The van der Waals surface area contributed by atoms with Crippen molar-refractivity contribution < 1.29 is 4.74 Å². The molecule has 0 aliphatic heterocycles. The molecule has 0 spiro atoms. The predicted molar refractivity (Wildman–Crippen MR) is 78.0 cm³/mol. The van der Waals surface area contributed by atoms with Crippen LogP contribution in [0.2, 0.25) is 0 Å². The maximum absolute atomic E-state index is 5.35. The minimum Gasteiger partial charge on any atom is -0.496 e. The molecule has 2 nitrogen and oxygen atoms in total. The van der Waals surface area contributed by atoms with Gasteiger partial charge in [0, 0.05) is 22.7 Å². The third-order valence-electron chi connectivity index (χ3n) is 3.04. The fraction of sp³-hybridized carbons (Fsp3) is 0.0667. The Morgan fingerprint density at radius 2 is 1.89 bits per heavy atom. The maximum Gasteiger partial charge on any atom is 0.133 e. The average molecular weight is 302 g/mol. The second-order valence-corrected chi connectivity index (χ2v) is 4.96. The molecule has 1 heterocycles. The quantitative estimate of drug-likeness (QED) is 0.735. The summed E-state index contributed by atoms with van der Waals surface area (Å²) in [5, 5.41) is 1.17. The van der Waals surface area contributed by atoms with Gasteiger partial charge in [-0.25, -0.2) is 0 Å². The van der Waals surface area contributed by atoms with Crippen LogP contribution in [-0.2, 0) is 0 Å². The average Bonchev–Trinajstić information content (AvgIpc) is 2.81. The van der Waals surface area contributed by atoms with Gasteiger partial charge >= 0.3 is 0 Å². The molecular weight excluding hydrogens is 290 g/mol. The van der Waals surface area contributed by atoms with E-state index in [-0.39, 0.29) is 0 Å². The van der Waals surface area contributed by atoms with Crippen LogP contribution < -0.4 is 4.74 Å². The fourth-order valence-electron chi connectivity index (χ4n) is 2.14. The van der Waals surface area contributed by atoms with Gasteiger partial charge in [0.2, 0.25) is 0 Å². The van der Waals surface area contributed by atoms with Crippen molar-refractivity contribution in [2.75, 3.05) is 7.11 Å². The zero-order valence-electron chi connectivity index (χ0n) is 9.91. The topological polar surface area (TPSA) is 25.0 Å². The first-order chi connectivity index (χ1) is 8.79. The van der Waals surface area contributed by atoms with E-state index in [1.165, 1.54) is 16.5 Å². The second kappa shape index (κ2) is 4.50. The van der Waals surface area contributed by atoms with Gasteiger partial charge in [0.25, 0.3) is 0 Å². The van der Waals surface area contributed by atoms with Crippen LogP contribution >= 0.6 is 15.9 Å². The zero-order valence-corrected chi connectivity index (χ0v) is 11.5. The van der Waals surface area contributed by atoms with E-state index in [2.05, 4.69) is 39.1 Å². The molecule has 2 aromatic carbocycles. The molecule has 0 saturated heterocycles. The lowest BCUT2D eigenvalue weighted by Crippen LogP contribution is -1.84. The van der Waals surface area contributed by atoms with Crippen molar-refractivity contribution in [3.05, 3.63) is 53.1 Å². The van der Waals surface area contributed by atoms with Crippen molar-refractivity contribution in [1.82, 2.24) is 4.98 Å². The monoisotopic (exact) mass is 301 g/mol. The molecule has 90 valence electrons. The van der Waals surface area contributed by atoms with Crippen molar-refractivity contribution in [1.29, 1.82) is 0 Å². The molecule has 1 N–H and O–H groups in total. The standard InChI is InChI=1S/C15H12BrNO/c1-18-15-7-11-12(10-5-3-2-4-6-10)9-17-14(11)8-13(15)16/h2-9,17H,1H3. The van der Waals surface area contributed by atoms with Crippen LogP contribution in [0, 0.1) is 0 Å². The Morgan fingerprint density at radius 3 is 2.61 bits per heavy atom. The largest absolute Gasteiger partial charge is 0.496 e. The van der Waals surface area contributed by atoms with Gasteiger partial charge in [0.05, 0.1) is 11.6 Å². The van der Waals surface area contributed by atoms with E-state index in [0.29, 0.717) is 0 Å². The number of fused-ring (bicyclic) bond motifs is 1. The van der Waals surface area contributed by atoms with E-state index in [1.807, 2.05) is 30.5 Å². The molecule has 0 aliphatic carbocycles. The van der Waals surface area contributed by atoms with Crippen LogP contribution in [0.1, 0.15) is 0 Å². The number of halogens is 1.